The molecule has 1 aliphatic heterocycles. The van der Waals surface area contributed by atoms with Gasteiger partial charge in [-0.3, -0.25) is 4.79 Å². The molecule has 8 heteroatoms. The number of carbonyl (C=O) groups is 3. The highest BCUT2D eigenvalue weighted by molar-refractivity contribution is 5.86. The average Bonchev–Trinajstić information content (AvgIpc) is 3.44. The zero-order valence-electron chi connectivity index (χ0n) is 19.2. The maximum atomic E-state index is 12.6. The third-order valence-corrected chi connectivity index (χ3v) is 6.52. The Morgan fingerprint density at radius 1 is 1.09 bits per heavy atom. The standard InChI is InChI=1S/C26H30N2O6/c1-2-7-22(25(30)31)28-24(29)23-16(12-13-33-23)14-27-26(32)34-15-21-19-10-5-3-8-17(19)18-9-4-6-11-20(18)21/h3-6,8-11,16,21-23H,2,7,12-15H2,1H3,(H,27,32)(H,28,29)(H,30,31)/t16?,22-,23?/m1/s1. The van der Waals surface area contributed by atoms with E-state index in [0.717, 1.165) is 22.3 Å². The zero-order chi connectivity index (χ0) is 24.1. The molecule has 0 radical (unpaired) electrons. The maximum Gasteiger partial charge on any atom is 0.407 e. The Hall–Kier alpha value is -3.39. The van der Waals surface area contributed by atoms with Crippen molar-refractivity contribution in [2.75, 3.05) is 19.8 Å². The molecule has 0 aromatic heterocycles. The van der Waals surface area contributed by atoms with Crippen LogP contribution in [0.25, 0.3) is 11.1 Å². The van der Waals surface area contributed by atoms with Crippen LogP contribution in [0.2, 0.25) is 0 Å². The molecule has 0 bridgehead atoms. The summed E-state index contributed by atoms with van der Waals surface area (Å²) >= 11 is 0. The SMILES string of the molecule is CCC[C@@H](NC(=O)C1OCCC1CNC(=O)OCC1c2ccccc2-c2ccccc21)C(=O)O. The summed E-state index contributed by atoms with van der Waals surface area (Å²) in [5.41, 5.74) is 4.59. The molecule has 0 spiro atoms. The molecule has 1 aliphatic carbocycles. The van der Waals surface area contributed by atoms with Crippen LogP contribution in [0.5, 0.6) is 0 Å². The molecule has 4 rings (SSSR count). The van der Waals surface area contributed by atoms with E-state index in [1.165, 1.54) is 0 Å². The van der Waals surface area contributed by atoms with Gasteiger partial charge in [-0.15, -0.1) is 0 Å². The third-order valence-electron chi connectivity index (χ3n) is 6.52. The first kappa shape index (κ1) is 23.8. The molecule has 180 valence electrons. The van der Waals surface area contributed by atoms with Crippen molar-refractivity contribution in [2.24, 2.45) is 5.92 Å². The van der Waals surface area contributed by atoms with Gasteiger partial charge in [0.2, 0.25) is 5.91 Å². The highest BCUT2D eigenvalue weighted by atomic mass is 16.5. The lowest BCUT2D eigenvalue weighted by molar-refractivity contribution is -0.144. The molecular weight excluding hydrogens is 436 g/mol. The highest BCUT2D eigenvalue weighted by Gasteiger charge is 2.36. The van der Waals surface area contributed by atoms with Gasteiger partial charge in [-0.05, 0) is 35.1 Å². The number of rotatable bonds is 9. The Kier molecular flexibility index (Phi) is 7.47. The summed E-state index contributed by atoms with van der Waals surface area (Å²) in [6.45, 7) is 2.65. The number of carboxylic acids is 1. The number of carbonyl (C=O) groups excluding carboxylic acids is 2. The molecule has 2 aliphatic rings. The van der Waals surface area contributed by atoms with E-state index in [-0.39, 0.29) is 25.0 Å². The second-order valence-electron chi connectivity index (χ2n) is 8.73. The lowest BCUT2D eigenvalue weighted by Gasteiger charge is -2.21. The molecule has 3 atom stereocenters. The summed E-state index contributed by atoms with van der Waals surface area (Å²) in [5, 5.41) is 14.6. The fourth-order valence-corrected chi connectivity index (χ4v) is 4.80. The van der Waals surface area contributed by atoms with Gasteiger partial charge in [-0.1, -0.05) is 61.9 Å². The first-order valence-electron chi connectivity index (χ1n) is 11.7. The van der Waals surface area contributed by atoms with Gasteiger partial charge >= 0.3 is 12.1 Å². The first-order valence-corrected chi connectivity index (χ1v) is 11.7. The van der Waals surface area contributed by atoms with E-state index in [9.17, 15) is 19.5 Å². The predicted octanol–water partition coefficient (Wildman–Crippen LogP) is 3.30. The Morgan fingerprint density at radius 3 is 2.35 bits per heavy atom. The third kappa shape index (κ3) is 5.07. The van der Waals surface area contributed by atoms with Gasteiger partial charge in [0.15, 0.2) is 0 Å². The Balaban J connectivity index is 1.30. The summed E-state index contributed by atoms with van der Waals surface area (Å²) in [5.74, 6) is -1.81. The highest BCUT2D eigenvalue weighted by Crippen LogP contribution is 2.44. The molecular formula is C26H30N2O6. The van der Waals surface area contributed by atoms with E-state index < -0.39 is 30.1 Å². The van der Waals surface area contributed by atoms with Gasteiger partial charge in [-0.2, -0.15) is 0 Å². The van der Waals surface area contributed by atoms with Gasteiger partial charge in [0.1, 0.15) is 18.8 Å². The Labute approximate surface area is 198 Å². The van der Waals surface area contributed by atoms with Crippen molar-refractivity contribution in [2.45, 2.75) is 44.2 Å². The van der Waals surface area contributed by atoms with Crippen molar-refractivity contribution >= 4 is 18.0 Å². The second kappa shape index (κ2) is 10.7. The van der Waals surface area contributed by atoms with Crippen molar-refractivity contribution in [3.8, 4) is 11.1 Å². The van der Waals surface area contributed by atoms with Crippen LogP contribution in [0, 0.1) is 5.92 Å². The number of aliphatic carboxylic acids is 1. The van der Waals surface area contributed by atoms with Gasteiger partial charge in [0.05, 0.1) is 0 Å². The molecule has 2 aromatic rings. The lowest BCUT2D eigenvalue weighted by atomic mass is 9.98. The molecule has 0 saturated carbocycles. The number of benzene rings is 2. The summed E-state index contributed by atoms with van der Waals surface area (Å²) in [7, 11) is 0. The van der Waals surface area contributed by atoms with Gasteiger partial charge in [0.25, 0.3) is 0 Å². The quantitative estimate of drug-likeness (QED) is 0.523. The van der Waals surface area contributed by atoms with E-state index >= 15 is 0 Å². The largest absolute Gasteiger partial charge is 0.480 e. The van der Waals surface area contributed by atoms with Gasteiger partial charge in [0, 0.05) is 25.0 Å². The summed E-state index contributed by atoms with van der Waals surface area (Å²) < 4.78 is 11.1. The van der Waals surface area contributed by atoms with Crippen LogP contribution in [0.4, 0.5) is 4.79 Å². The van der Waals surface area contributed by atoms with E-state index in [2.05, 4.69) is 34.9 Å². The molecule has 1 fully saturated rings. The van der Waals surface area contributed by atoms with Crippen LogP contribution in [0.3, 0.4) is 0 Å². The summed E-state index contributed by atoms with van der Waals surface area (Å²) in [6, 6.07) is 15.3. The maximum absolute atomic E-state index is 12.6. The van der Waals surface area contributed by atoms with Crippen LogP contribution in [0.1, 0.15) is 43.2 Å². The lowest BCUT2D eigenvalue weighted by Crippen LogP contribution is -2.48. The molecule has 1 heterocycles. The number of hydrogen-bond donors (Lipinski definition) is 3. The van der Waals surface area contributed by atoms with Crippen LogP contribution in [-0.4, -0.2) is 55.0 Å². The van der Waals surface area contributed by atoms with Crippen molar-refractivity contribution < 1.29 is 29.0 Å². The molecule has 1 saturated heterocycles. The summed E-state index contributed by atoms with van der Waals surface area (Å²) in [4.78, 5) is 36.4. The van der Waals surface area contributed by atoms with Crippen molar-refractivity contribution in [3.05, 3.63) is 59.7 Å². The minimum absolute atomic E-state index is 0.0296. The smallest absolute Gasteiger partial charge is 0.407 e. The number of amides is 2. The number of hydrogen-bond acceptors (Lipinski definition) is 5. The Morgan fingerprint density at radius 2 is 1.74 bits per heavy atom. The second-order valence-corrected chi connectivity index (χ2v) is 8.73. The molecule has 34 heavy (non-hydrogen) atoms. The van der Waals surface area contributed by atoms with Crippen molar-refractivity contribution in [1.29, 1.82) is 0 Å². The van der Waals surface area contributed by atoms with Gasteiger partial charge < -0.3 is 25.2 Å². The van der Waals surface area contributed by atoms with Crippen molar-refractivity contribution in [1.82, 2.24) is 10.6 Å². The van der Waals surface area contributed by atoms with E-state index in [1.54, 1.807) is 0 Å². The fraction of sp³-hybridized carbons (Fsp3) is 0.423. The number of carboxylic acid groups (broad SMARTS) is 1. The molecule has 2 unspecified atom stereocenters. The summed E-state index contributed by atoms with van der Waals surface area (Å²) in [6.07, 6.45) is 0.217. The number of alkyl carbamates (subject to hydrolysis) is 1. The number of nitrogens with one attached hydrogen (secondary N) is 2. The average molecular weight is 467 g/mol. The van der Waals surface area contributed by atoms with Crippen LogP contribution in [0.15, 0.2) is 48.5 Å². The molecule has 2 aromatic carbocycles. The molecule has 8 nitrogen and oxygen atoms in total. The van der Waals surface area contributed by atoms with Crippen LogP contribution < -0.4 is 10.6 Å². The zero-order valence-corrected chi connectivity index (χ0v) is 19.2. The minimum Gasteiger partial charge on any atom is -0.480 e. The van der Waals surface area contributed by atoms with E-state index in [4.69, 9.17) is 9.47 Å². The fourth-order valence-electron chi connectivity index (χ4n) is 4.80. The van der Waals surface area contributed by atoms with Gasteiger partial charge in [-0.25, -0.2) is 9.59 Å². The van der Waals surface area contributed by atoms with Crippen LogP contribution in [-0.2, 0) is 19.1 Å². The topological polar surface area (TPSA) is 114 Å². The Bertz CT molecular complexity index is 1010. The van der Waals surface area contributed by atoms with Crippen molar-refractivity contribution in [3.63, 3.8) is 0 Å². The minimum atomic E-state index is -1.07. The number of ether oxygens (including phenoxy) is 2. The first-order chi connectivity index (χ1) is 16.5. The van der Waals surface area contributed by atoms with E-state index in [0.29, 0.717) is 25.9 Å². The van der Waals surface area contributed by atoms with Crippen LogP contribution >= 0.6 is 0 Å². The molecule has 2 amide bonds. The normalized spacial score (nSPS) is 19.7. The number of fused-ring (bicyclic) bond motifs is 3. The molecule has 3 N–H and O–H groups in total. The monoisotopic (exact) mass is 466 g/mol. The predicted molar refractivity (Wildman–Crippen MR) is 125 cm³/mol. The van der Waals surface area contributed by atoms with E-state index in [1.807, 2.05) is 31.2 Å².